The summed E-state index contributed by atoms with van der Waals surface area (Å²) in [6.07, 6.45) is 1.60. The molecule has 0 aliphatic carbocycles. The van der Waals surface area contributed by atoms with E-state index in [4.69, 9.17) is 9.47 Å². The molecule has 0 spiro atoms. The first-order chi connectivity index (χ1) is 10.5. The summed E-state index contributed by atoms with van der Waals surface area (Å²) in [5.41, 5.74) is 1.03. The third-order valence-electron chi connectivity index (χ3n) is 4.04. The number of hydrogen-bond acceptors (Lipinski definition) is 4. The average molecular weight is 305 g/mol. The SMILES string of the molecule is COc1ccc(CC(C)C(=O)N2CCC(=O)CC2)cc1OC. The second-order valence-electron chi connectivity index (χ2n) is 5.66. The highest BCUT2D eigenvalue weighted by Gasteiger charge is 2.25. The fourth-order valence-corrected chi connectivity index (χ4v) is 2.74. The average Bonchev–Trinajstić information content (AvgIpc) is 2.54. The van der Waals surface area contributed by atoms with Crippen molar-refractivity contribution in [2.24, 2.45) is 5.92 Å². The van der Waals surface area contributed by atoms with Crippen molar-refractivity contribution in [1.82, 2.24) is 4.90 Å². The standard InChI is InChI=1S/C17H23NO4/c1-12(17(20)18-8-6-14(19)7-9-18)10-13-4-5-15(21-2)16(11-13)22-3/h4-5,11-12H,6-10H2,1-3H3. The predicted octanol–water partition coefficient (Wildman–Crippen LogP) is 2.07. The summed E-state index contributed by atoms with van der Waals surface area (Å²) in [6, 6.07) is 5.71. The molecule has 120 valence electrons. The van der Waals surface area contributed by atoms with Crippen LogP contribution in [0.1, 0.15) is 25.3 Å². The molecule has 1 atom stereocenters. The Bertz CT molecular complexity index is 546. The van der Waals surface area contributed by atoms with E-state index in [1.807, 2.05) is 25.1 Å². The molecule has 1 amide bonds. The lowest BCUT2D eigenvalue weighted by Crippen LogP contribution is -2.41. The first kappa shape index (κ1) is 16.3. The number of ether oxygens (including phenoxy) is 2. The number of ketones is 1. The number of benzene rings is 1. The molecule has 1 aromatic carbocycles. The molecule has 0 saturated carbocycles. The fourth-order valence-electron chi connectivity index (χ4n) is 2.74. The van der Waals surface area contributed by atoms with Crippen LogP contribution in [0.3, 0.4) is 0 Å². The summed E-state index contributed by atoms with van der Waals surface area (Å²) in [5.74, 6) is 1.59. The summed E-state index contributed by atoms with van der Waals surface area (Å²) >= 11 is 0. The van der Waals surface area contributed by atoms with Gasteiger partial charge in [0.25, 0.3) is 0 Å². The monoisotopic (exact) mass is 305 g/mol. The van der Waals surface area contributed by atoms with Gasteiger partial charge in [-0.15, -0.1) is 0 Å². The molecule has 1 aliphatic rings. The van der Waals surface area contributed by atoms with Gasteiger partial charge < -0.3 is 14.4 Å². The van der Waals surface area contributed by atoms with E-state index in [1.165, 1.54) is 0 Å². The van der Waals surface area contributed by atoms with E-state index in [-0.39, 0.29) is 17.6 Å². The number of piperidine rings is 1. The Morgan fingerprint density at radius 3 is 2.41 bits per heavy atom. The molecule has 2 rings (SSSR count). The minimum atomic E-state index is -0.119. The molecule has 1 aliphatic heterocycles. The topological polar surface area (TPSA) is 55.8 Å². The van der Waals surface area contributed by atoms with E-state index in [0.29, 0.717) is 43.9 Å². The maximum atomic E-state index is 12.4. The zero-order valence-electron chi connectivity index (χ0n) is 13.4. The van der Waals surface area contributed by atoms with E-state index >= 15 is 0 Å². The Morgan fingerprint density at radius 2 is 1.82 bits per heavy atom. The lowest BCUT2D eigenvalue weighted by Gasteiger charge is -2.28. The van der Waals surface area contributed by atoms with E-state index in [1.54, 1.807) is 19.1 Å². The van der Waals surface area contributed by atoms with Crippen molar-refractivity contribution in [3.05, 3.63) is 23.8 Å². The van der Waals surface area contributed by atoms with E-state index in [2.05, 4.69) is 0 Å². The van der Waals surface area contributed by atoms with Crippen molar-refractivity contribution < 1.29 is 19.1 Å². The van der Waals surface area contributed by atoms with Crippen LogP contribution >= 0.6 is 0 Å². The maximum Gasteiger partial charge on any atom is 0.225 e. The Hall–Kier alpha value is -2.04. The number of hydrogen-bond donors (Lipinski definition) is 0. The van der Waals surface area contributed by atoms with Gasteiger partial charge in [-0.05, 0) is 24.1 Å². The Balaban J connectivity index is 2.00. The number of carbonyl (C=O) groups excluding carboxylic acids is 2. The summed E-state index contributed by atoms with van der Waals surface area (Å²) in [7, 11) is 3.20. The normalized spacial score (nSPS) is 16.3. The number of methoxy groups -OCH3 is 2. The summed E-state index contributed by atoms with van der Waals surface area (Å²) in [5, 5.41) is 0. The summed E-state index contributed by atoms with van der Waals surface area (Å²) < 4.78 is 10.5. The van der Waals surface area contributed by atoms with Gasteiger partial charge in [0.2, 0.25) is 5.91 Å². The van der Waals surface area contributed by atoms with Crippen LogP contribution in [-0.2, 0) is 16.0 Å². The molecule has 1 fully saturated rings. The first-order valence-corrected chi connectivity index (χ1v) is 7.56. The zero-order valence-corrected chi connectivity index (χ0v) is 13.4. The first-order valence-electron chi connectivity index (χ1n) is 7.56. The van der Waals surface area contributed by atoms with Crippen LogP contribution < -0.4 is 9.47 Å². The molecule has 1 unspecified atom stereocenters. The number of nitrogens with zero attached hydrogens (tertiary/aromatic N) is 1. The van der Waals surface area contributed by atoms with Gasteiger partial charge in [0, 0.05) is 31.8 Å². The van der Waals surface area contributed by atoms with Gasteiger partial charge in [-0.1, -0.05) is 13.0 Å². The summed E-state index contributed by atoms with van der Waals surface area (Å²) in [4.78, 5) is 25.5. The lowest BCUT2D eigenvalue weighted by molar-refractivity contribution is -0.137. The molecular weight excluding hydrogens is 282 g/mol. The van der Waals surface area contributed by atoms with Crippen LogP contribution in [-0.4, -0.2) is 43.9 Å². The van der Waals surface area contributed by atoms with Crippen LogP contribution in [0.15, 0.2) is 18.2 Å². The lowest BCUT2D eigenvalue weighted by atomic mass is 9.98. The number of Topliss-reactive ketones (excluding diaryl/α,β-unsaturated/α-hetero) is 1. The van der Waals surface area contributed by atoms with Gasteiger partial charge in [0.05, 0.1) is 14.2 Å². The predicted molar refractivity (Wildman–Crippen MR) is 83.2 cm³/mol. The largest absolute Gasteiger partial charge is 0.493 e. The van der Waals surface area contributed by atoms with Crippen LogP contribution in [0.2, 0.25) is 0 Å². The van der Waals surface area contributed by atoms with Crippen LogP contribution in [0.25, 0.3) is 0 Å². The molecule has 1 aromatic rings. The van der Waals surface area contributed by atoms with Crippen LogP contribution in [0, 0.1) is 5.92 Å². The highest BCUT2D eigenvalue weighted by Crippen LogP contribution is 2.28. The van der Waals surface area contributed by atoms with Crippen molar-refractivity contribution in [3.8, 4) is 11.5 Å². The molecule has 0 N–H and O–H groups in total. The number of amides is 1. The van der Waals surface area contributed by atoms with Crippen molar-refractivity contribution in [2.45, 2.75) is 26.2 Å². The van der Waals surface area contributed by atoms with Gasteiger partial charge >= 0.3 is 0 Å². The molecule has 5 heteroatoms. The number of rotatable bonds is 5. The molecule has 0 bridgehead atoms. The van der Waals surface area contributed by atoms with Crippen LogP contribution in [0.4, 0.5) is 0 Å². The zero-order chi connectivity index (χ0) is 16.1. The molecule has 0 aromatic heterocycles. The second-order valence-corrected chi connectivity index (χ2v) is 5.66. The summed E-state index contributed by atoms with van der Waals surface area (Å²) in [6.45, 7) is 3.03. The van der Waals surface area contributed by atoms with Gasteiger partial charge in [-0.25, -0.2) is 0 Å². The maximum absolute atomic E-state index is 12.4. The third kappa shape index (κ3) is 3.78. The quantitative estimate of drug-likeness (QED) is 0.835. The van der Waals surface area contributed by atoms with Gasteiger partial charge in [-0.3, -0.25) is 9.59 Å². The third-order valence-corrected chi connectivity index (χ3v) is 4.04. The minimum Gasteiger partial charge on any atom is -0.493 e. The highest BCUT2D eigenvalue weighted by molar-refractivity contribution is 5.84. The number of carbonyl (C=O) groups is 2. The molecular formula is C17H23NO4. The molecule has 5 nitrogen and oxygen atoms in total. The van der Waals surface area contributed by atoms with Crippen molar-refractivity contribution >= 4 is 11.7 Å². The van der Waals surface area contributed by atoms with E-state index in [9.17, 15) is 9.59 Å². The minimum absolute atomic E-state index is 0.113. The molecule has 1 saturated heterocycles. The van der Waals surface area contributed by atoms with E-state index in [0.717, 1.165) is 5.56 Å². The van der Waals surface area contributed by atoms with Crippen molar-refractivity contribution in [2.75, 3.05) is 27.3 Å². The Labute approximate surface area is 131 Å². The van der Waals surface area contributed by atoms with Gasteiger partial charge in [0.15, 0.2) is 11.5 Å². The fraction of sp³-hybridized carbons (Fsp3) is 0.529. The smallest absolute Gasteiger partial charge is 0.225 e. The second kappa shape index (κ2) is 7.29. The molecule has 0 radical (unpaired) electrons. The number of likely N-dealkylation sites (tertiary alicyclic amines) is 1. The van der Waals surface area contributed by atoms with Crippen LogP contribution in [0.5, 0.6) is 11.5 Å². The molecule has 1 heterocycles. The highest BCUT2D eigenvalue weighted by atomic mass is 16.5. The Kier molecular flexibility index (Phi) is 5.41. The van der Waals surface area contributed by atoms with Crippen molar-refractivity contribution in [3.63, 3.8) is 0 Å². The Morgan fingerprint density at radius 1 is 1.18 bits per heavy atom. The van der Waals surface area contributed by atoms with Gasteiger partial charge in [0.1, 0.15) is 5.78 Å². The molecule has 22 heavy (non-hydrogen) atoms. The van der Waals surface area contributed by atoms with Crippen molar-refractivity contribution in [1.29, 1.82) is 0 Å². The van der Waals surface area contributed by atoms with E-state index < -0.39 is 0 Å². The van der Waals surface area contributed by atoms with Gasteiger partial charge in [-0.2, -0.15) is 0 Å².